The van der Waals surface area contributed by atoms with Gasteiger partial charge in [0, 0.05) is 5.69 Å². The fourth-order valence-electron chi connectivity index (χ4n) is 3.37. The Kier molecular flexibility index (Phi) is 3.60. The molecule has 7 heteroatoms. The van der Waals surface area contributed by atoms with Crippen LogP contribution in [0.1, 0.15) is 19.4 Å². The zero-order valence-corrected chi connectivity index (χ0v) is 13.2. The maximum Gasteiger partial charge on any atom is 0.338 e. The summed E-state index contributed by atoms with van der Waals surface area (Å²) >= 11 is 0. The zero-order valence-electron chi connectivity index (χ0n) is 13.2. The maximum absolute atomic E-state index is 12.9. The van der Waals surface area contributed by atoms with E-state index >= 15 is 0 Å². The van der Waals surface area contributed by atoms with Crippen molar-refractivity contribution in [2.45, 2.75) is 19.3 Å². The molecule has 2 aliphatic rings. The standard InChI is InChI=1S/C17H15N3O4/c1-3-23-15(21)13-9(2)24-14(19)11(8-18)17(13)10-6-4-5-7-12(10)20-16(17)22/h4-7,11,19H,3H2,1-2H3,(H,20,22). The Balaban J connectivity index is 2.37. The highest BCUT2D eigenvalue weighted by molar-refractivity contribution is 6.17. The van der Waals surface area contributed by atoms with Crippen LogP contribution in [0.4, 0.5) is 5.69 Å². The zero-order chi connectivity index (χ0) is 17.5. The van der Waals surface area contributed by atoms with Crippen molar-refractivity contribution in [1.29, 1.82) is 10.7 Å². The molecule has 1 spiro atoms. The summed E-state index contributed by atoms with van der Waals surface area (Å²) < 4.78 is 10.4. The van der Waals surface area contributed by atoms with Gasteiger partial charge in [0.25, 0.3) is 0 Å². The Hall–Kier alpha value is -3.14. The lowest BCUT2D eigenvalue weighted by atomic mass is 9.64. The summed E-state index contributed by atoms with van der Waals surface area (Å²) in [6, 6.07) is 8.77. The second-order valence-corrected chi connectivity index (χ2v) is 5.49. The first-order chi connectivity index (χ1) is 11.5. The first-order valence-corrected chi connectivity index (χ1v) is 7.43. The SMILES string of the molecule is CCOC(=O)C1=C(C)OC(=N)C(C#N)C12C(=O)Nc1ccccc12. The molecule has 0 bridgehead atoms. The fraction of sp³-hybridized carbons (Fsp3) is 0.294. The maximum atomic E-state index is 12.9. The molecule has 0 fully saturated rings. The minimum atomic E-state index is -1.64. The molecule has 3 rings (SSSR count). The highest BCUT2D eigenvalue weighted by Crippen LogP contribution is 2.51. The minimum absolute atomic E-state index is 0.0330. The number of allylic oxidation sites excluding steroid dienone is 1. The smallest absolute Gasteiger partial charge is 0.338 e. The Morgan fingerprint density at radius 2 is 2.21 bits per heavy atom. The minimum Gasteiger partial charge on any atom is -0.462 e. The van der Waals surface area contributed by atoms with Crippen molar-refractivity contribution in [2.24, 2.45) is 5.92 Å². The quantitative estimate of drug-likeness (QED) is 0.806. The number of fused-ring (bicyclic) bond motifs is 2. The van der Waals surface area contributed by atoms with E-state index in [0.29, 0.717) is 11.3 Å². The third-order valence-electron chi connectivity index (χ3n) is 4.27. The first kappa shape index (κ1) is 15.7. The van der Waals surface area contributed by atoms with E-state index in [-0.39, 0.29) is 23.8 Å². The van der Waals surface area contributed by atoms with E-state index in [1.54, 1.807) is 31.2 Å². The van der Waals surface area contributed by atoms with Crippen LogP contribution in [0, 0.1) is 22.7 Å². The van der Waals surface area contributed by atoms with Gasteiger partial charge in [0.2, 0.25) is 11.8 Å². The Bertz CT molecular complexity index is 836. The molecule has 2 aliphatic heterocycles. The number of nitriles is 1. The molecule has 0 aromatic heterocycles. The van der Waals surface area contributed by atoms with Crippen LogP contribution < -0.4 is 5.32 Å². The number of benzene rings is 1. The van der Waals surface area contributed by atoms with Crippen LogP contribution >= 0.6 is 0 Å². The number of nitrogens with one attached hydrogen (secondary N) is 2. The van der Waals surface area contributed by atoms with Crippen LogP contribution in [0.3, 0.4) is 0 Å². The van der Waals surface area contributed by atoms with Gasteiger partial charge in [0.15, 0.2) is 0 Å². The number of para-hydroxylation sites is 1. The predicted octanol–water partition coefficient (Wildman–Crippen LogP) is 1.86. The molecule has 2 unspecified atom stereocenters. The lowest BCUT2D eigenvalue weighted by Gasteiger charge is -2.37. The van der Waals surface area contributed by atoms with Crippen LogP contribution in [0.15, 0.2) is 35.6 Å². The second kappa shape index (κ2) is 5.49. The van der Waals surface area contributed by atoms with Gasteiger partial charge in [-0.15, -0.1) is 0 Å². The fourth-order valence-corrected chi connectivity index (χ4v) is 3.37. The lowest BCUT2D eigenvalue weighted by Crippen LogP contribution is -2.52. The van der Waals surface area contributed by atoms with Crippen molar-refractivity contribution in [3.63, 3.8) is 0 Å². The Morgan fingerprint density at radius 1 is 1.50 bits per heavy atom. The molecule has 1 aromatic carbocycles. The average molecular weight is 325 g/mol. The van der Waals surface area contributed by atoms with E-state index < -0.39 is 23.2 Å². The molecule has 2 N–H and O–H groups in total. The first-order valence-electron chi connectivity index (χ1n) is 7.43. The highest BCUT2D eigenvalue weighted by atomic mass is 16.5. The van der Waals surface area contributed by atoms with Gasteiger partial charge >= 0.3 is 5.97 Å². The number of carbonyl (C=O) groups is 2. The van der Waals surface area contributed by atoms with Crippen molar-refractivity contribution in [3.05, 3.63) is 41.2 Å². The number of carbonyl (C=O) groups excluding carboxylic acids is 2. The van der Waals surface area contributed by atoms with Gasteiger partial charge in [-0.1, -0.05) is 18.2 Å². The predicted molar refractivity (Wildman–Crippen MR) is 84.0 cm³/mol. The van der Waals surface area contributed by atoms with E-state index in [1.165, 1.54) is 6.92 Å². The van der Waals surface area contributed by atoms with E-state index in [2.05, 4.69) is 5.32 Å². The van der Waals surface area contributed by atoms with Crippen LogP contribution in [0.5, 0.6) is 0 Å². The van der Waals surface area contributed by atoms with Gasteiger partial charge in [-0.2, -0.15) is 5.26 Å². The topological polar surface area (TPSA) is 112 Å². The van der Waals surface area contributed by atoms with Crippen LogP contribution in [0.25, 0.3) is 0 Å². The van der Waals surface area contributed by atoms with Crippen molar-refractivity contribution in [2.75, 3.05) is 11.9 Å². The van der Waals surface area contributed by atoms with Crippen molar-refractivity contribution in [3.8, 4) is 6.07 Å². The summed E-state index contributed by atoms with van der Waals surface area (Å²) in [5.41, 5.74) is -0.699. The third kappa shape index (κ3) is 1.86. The van der Waals surface area contributed by atoms with Crippen LogP contribution in [-0.4, -0.2) is 24.4 Å². The summed E-state index contributed by atoms with van der Waals surface area (Å²) in [6.07, 6.45) is 0. The number of ether oxygens (including phenoxy) is 2. The summed E-state index contributed by atoms with van der Waals surface area (Å²) in [4.78, 5) is 25.5. The van der Waals surface area contributed by atoms with Crippen LogP contribution in [0.2, 0.25) is 0 Å². The molecule has 1 amide bonds. The number of rotatable bonds is 2. The van der Waals surface area contributed by atoms with Gasteiger partial charge < -0.3 is 14.8 Å². The van der Waals surface area contributed by atoms with Gasteiger partial charge in [0.1, 0.15) is 17.1 Å². The van der Waals surface area contributed by atoms with Gasteiger partial charge in [0.05, 0.1) is 18.2 Å². The molecule has 1 aromatic rings. The third-order valence-corrected chi connectivity index (χ3v) is 4.27. The normalized spacial score (nSPS) is 25.0. The van der Waals surface area contributed by atoms with Gasteiger partial charge in [-0.3, -0.25) is 10.2 Å². The number of hydrogen-bond donors (Lipinski definition) is 2. The Labute approximate surface area is 138 Å². The number of amides is 1. The van der Waals surface area contributed by atoms with Crippen molar-refractivity contribution < 1.29 is 19.1 Å². The second-order valence-electron chi connectivity index (χ2n) is 5.49. The molecular formula is C17H15N3O4. The molecule has 2 atom stereocenters. The summed E-state index contributed by atoms with van der Waals surface area (Å²) in [5, 5.41) is 20.3. The van der Waals surface area contributed by atoms with E-state index in [4.69, 9.17) is 14.9 Å². The van der Waals surface area contributed by atoms with Gasteiger partial charge in [-0.25, -0.2) is 4.79 Å². The van der Waals surface area contributed by atoms with Crippen molar-refractivity contribution >= 4 is 23.5 Å². The summed E-state index contributed by atoms with van der Waals surface area (Å²) in [5.74, 6) is -2.80. The van der Waals surface area contributed by atoms with Crippen molar-refractivity contribution in [1.82, 2.24) is 0 Å². The van der Waals surface area contributed by atoms with E-state index in [1.807, 2.05) is 6.07 Å². The summed E-state index contributed by atoms with van der Waals surface area (Å²) in [6.45, 7) is 3.25. The molecule has 24 heavy (non-hydrogen) atoms. The van der Waals surface area contributed by atoms with E-state index in [0.717, 1.165) is 0 Å². The largest absolute Gasteiger partial charge is 0.462 e. The van der Waals surface area contributed by atoms with Gasteiger partial charge in [-0.05, 0) is 25.5 Å². The Morgan fingerprint density at radius 3 is 2.88 bits per heavy atom. The molecule has 0 saturated heterocycles. The number of hydrogen-bond acceptors (Lipinski definition) is 6. The van der Waals surface area contributed by atoms with E-state index in [9.17, 15) is 14.9 Å². The molecule has 2 heterocycles. The molecule has 0 aliphatic carbocycles. The molecule has 122 valence electrons. The lowest BCUT2D eigenvalue weighted by molar-refractivity contribution is -0.141. The van der Waals surface area contributed by atoms with Crippen LogP contribution in [-0.2, 0) is 24.5 Å². The summed E-state index contributed by atoms with van der Waals surface area (Å²) in [7, 11) is 0. The highest BCUT2D eigenvalue weighted by Gasteiger charge is 2.62. The molecule has 7 nitrogen and oxygen atoms in total. The number of anilines is 1. The molecular weight excluding hydrogens is 310 g/mol. The number of nitrogens with zero attached hydrogens (tertiary/aromatic N) is 1. The molecule has 0 radical (unpaired) electrons. The average Bonchev–Trinajstić information content (AvgIpc) is 2.81. The molecule has 0 saturated carbocycles. The number of esters is 1. The monoisotopic (exact) mass is 325 g/mol.